The Balaban J connectivity index is 2.83. The summed E-state index contributed by atoms with van der Waals surface area (Å²) in [4.78, 5) is 12.2. The smallest absolute Gasteiger partial charge is 0.251 e. The van der Waals surface area contributed by atoms with Gasteiger partial charge in [0.1, 0.15) is 0 Å². The van der Waals surface area contributed by atoms with Gasteiger partial charge >= 0.3 is 0 Å². The van der Waals surface area contributed by atoms with E-state index >= 15 is 0 Å². The van der Waals surface area contributed by atoms with E-state index in [1.165, 1.54) is 0 Å². The van der Waals surface area contributed by atoms with Crippen LogP contribution in [0, 0.1) is 12.8 Å². The van der Waals surface area contributed by atoms with Crippen LogP contribution in [0.4, 0.5) is 0 Å². The highest BCUT2D eigenvalue weighted by Gasteiger charge is 2.17. The number of hydrogen-bond acceptors (Lipinski definition) is 1. The van der Waals surface area contributed by atoms with Crippen molar-refractivity contribution in [3.05, 3.63) is 34.3 Å². The zero-order valence-corrected chi connectivity index (χ0v) is 12.5. The van der Waals surface area contributed by atoms with Crippen LogP contribution in [0.5, 0.6) is 0 Å². The van der Waals surface area contributed by atoms with Crippen molar-refractivity contribution in [1.29, 1.82) is 0 Å². The van der Waals surface area contributed by atoms with Crippen molar-refractivity contribution in [1.82, 2.24) is 5.32 Å². The number of amides is 1. The lowest BCUT2D eigenvalue weighted by atomic mass is 10.0. The molecule has 0 fully saturated rings. The number of carbonyl (C=O) groups excluding carboxylic acids is 1. The van der Waals surface area contributed by atoms with Crippen LogP contribution in [0.25, 0.3) is 0 Å². The van der Waals surface area contributed by atoms with Gasteiger partial charge in [-0.05, 0) is 37.0 Å². The number of carbonyl (C=O) groups is 1. The van der Waals surface area contributed by atoms with E-state index in [2.05, 4.69) is 19.2 Å². The molecule has 0 saturated heterocycles. The molecule has 4 heteroatoms. The highest BCUT2D eigenvalue weighted by Crippen LogP contribution is 2.16. The first-order chi connectivity index (χ1) is 8.45. The molecule has 1 atom stereocenters. The van der Waals surface area contributed by atoms with Crippen LogP contribution in [0.3, 0.4) is 0 Å². The van der Waals surface area contributed by atoms with Crippen molar-refractivity contribution in [2.24, 2.45) is 5.92 Å². The molecule has 0 radical (unpaired) electrons. The first-order valence-corrected chi connectivity index (χ1v) is 7.00. The predicted molar refractivity (Wildman–Crippen MR) is 77.6 cm³/mol. The van der Waals surface area contributed by atoms with Crippen molar-refractivity contribution in [2.75, 3.05) is 5.88 Å². The summed E-state index contributed by atoms with van der Waals surface area (Å²) in [6.07, 6.45) is 0.768. The van der Waals surface area contributed by atoms with Crippen LogP contribution in [-0.4, -0.2) is 17.8 Å². The summed E-state index contributed by atoms with van der Waals surface area (Å²) in [5.41, 5.74) is 1.55. The van der Waals surface area contributed by atoms with Crippen LogP contribution in [0.2, 0.25) is 5.02 Å². The van der Waals surface area contributed by atoms with Gasteiger partial charge in [0.05, 0.1) is 0 Å². The van der Waals surface area contributed by atoms with Crippen molar-refractivity contribution in [3.63, 3.8) is 0 Å². The molecule has 0 aliphatic heterocycles. The second-order valence-electron chi connectivity index (χ2n) is 4.76. The van der Waals surface area contributed by atoms with Gasteiger partial charge < -0.3 is 5.32 Å². The lowest BCUT2D eigenvalue weighted by Crippen LogP contribution is -2.39. The number of hydrogen-bond donors (Lipinski definition) is 1. The average Bonchev–Trinajstić information content (AvgIpc) is 2.31. The number of rotatable bonds is 5. The zero-order chi connectivity index (χ0) is 13.7. The molecule has 1 rings (SSSR count). The highest BCUT2D eigenvalue weighted by molar-refractivity contribution is 6.31. The molecule has 100 valence electrons. The van der Waals surface area contributed by atoms with Crippen molar-refractivity contribution in [3.8, 4) is 0 Å². The third-order valence-electron chi connectivity index (χ3n) is 2.99. The number of aryl methyl sites for hydroxylation is 1. The van der Waals surface area contributed by atoms with Gasteiger partial charge in [0.15, 0.2) is 0 Å². The Morgan fingerprint density at radius 2 is 2.06 bits per heavy atom. The number of nitrogens with one attached hydrogen (secondary N) is 1. The maximum Gasteiger partial charge on any atom is 0.251 e. The number of alkyl halides is 1. The van der Waals surface area contributed by atoms with Gasteiger partial charge in [-0.3, -0.25) is 4.79 Å². The molecular weight excluding hydrogens is 269 g/mol. The lowest BCUT2D eigenvalue weighted by molar-refractivity contribution is 0.0924. The minimum Gasteiger partial charge on any atom is -0.349 e. The first kappa shape index (κ1) is 15.3. The minimum absolute atomic E-state index is 0.0844. The highest BCUT2D eigenvalue weighted by atomic mass is 35.5. The van der Waals surface area contributed by atoms with Gasteiger partial charge in [-0.15, -0.1) is 11.6 Å². The Morgan fingerprint density at radius 1 is 1.39 bits per heavy atom. The summed E-state index contributed by atoms with van der Waals surface area (Å²) in [7, 11) is 0. The standard InChI is InChI=1S/C14H19Cl2NO/c1-9(2)13(6-7-15)17-14(18)12-8-11(16)5-4-10(12)3/h4-5,8-9,13H,6-7H2,1-3H3,(H,17,18). The first-order valence-electron chi connectivity index (χ1n) is 6.08. The maximum atomic E-state index is 12.2. The van der Waals surface area contributed by atoms with Crippen molar-refractivity contribution < 1.29 is 4.79 Å². The second kappa shape index (κ2) is 7.01. The van der Waals surface area contributed by atoms with Crippen LogP contribution in [-0.2, 0) is 0 Å². The van der Waals surface area contributed by atoms with E-state index < -0.39 is 0 Å². The molecule has 0 aliphatic rings. The Morgan fingerprint density at radius 3 is 2.61 bits per heavy atom. The fraction of sp³-hybridized carbons (Fsp3) is 0.500. The van der Waals surface area contributed by atoms with Crippen molar-refractivity contribution in [2.45, 2.75) is 33.2 Å². The van der Waals surface area contributed by atoms with E-state index in [9.17, 15) is 4.79 Å². The Bertz CT molecular complexity index is 418. The predicted octanol–water partition coefficient (Wildman–Crippen LogP) is 4.03. The summed E-state index contributed by atoms with van der Waals surface area (Å²) in [5, 5.41) is 3.59. The minimum atomic E-state index is -0.0844. The normalized spacial score (nSPS) is 12.6. The molecule has 18 heavy (non-hydrogen) atoms. The van der Waals surface area contributed by atoms with Gasteiger partial charge in [0.25, 0.3) is 5.91 Å². The number of halogens is 2. The van der Waals surface area contributed by atoms with E-state index in [0.717, 1.165) is 12.0 Å². The molecule has 0 aliphatic carbocycles. The van der Waals surface area contributed by atoms with Gasteiger partial charge in [0, 0.05) is 22.5 Å². The summed E-state index contributed by atoms with van der Waals surface area (Å²) in [6, 6.07) is 5.42. The van der Waals surface area contributed by atoms with Gasteiger partial charge in [-0.2, -0.15) is 0 Å². The average molecular weight is 288 g/mol. The molecule has 0 spiro atoms. The van der Waals surface area contributed by atoms with Gasteiger partial charge in [-0.1, -0.05) is 31.5 Å². The van der Waals surface area contributed by atoms with Gasteiger partial charge in [-0.25, -0.2) is 0 Å². The van der Waals surface area contributed by atoms with E-state index in [4.69, 9.17) is 23.2 Å². The molecule has 2 nitrogen and oxygen atoms in total. The lowest BCUT2D eigenvalue weighted by Gasteiger charge is -2.22. The van der Waals surface area contributed by atoms with Crippen LogP contribution in [0.15, 0.2) is 18.2 Å². The SMILES string of the molecule is Cc1ccc(Cl)cc1C(=O)NC(CCCl)C(C)C. The van der Waals surface area contributed by atoms with E-state index in [0.29, 0.717) is 22.4 Å². The van der Waals surface area contributed by atoms with Crippen LogP contribution >= 0.6 is 23.2 Å². The zero-order valence-electron chi connectivity index (χ0n) is 11.0. The van der Waals surface area contributed by atoms with E-state index in [-0.39, 0.29) is 11.9 Å². The fourth-order valence-electron chi connectivity index (χ4n) is 1.77. The topological polar surface area (TPSA) is 29.1 Å². The molecule has 0 heterocycles. The molecule has 1 amide bonds. The Labute approximate surface area is 119 Å². The molecule has 0 saturated carbocycles. The van der Waals surface area contributed by atoms with Gasteiger partial charge in [0.2, 0.25) is 0 Å². The third kappa shape index (κ3) is 4.18. The monoisotopic (exact) mass is 287 g/mol. The molecule has 1 aromatic rings. The summed E-state index contributed by atoms with van der Waals surface area (Å²) >= 11 is 11.7. The molecule has 1 unspecified atom stereocenters. The van der Waals surface area contributed by atoms with Crippen molar-refractivity contribution >= 4 is 29.1 Å². The summed E-state index contributed by atoms with van der Waals surface area (Å²) in [6.45, 7) is 6.04. The summed E-state index contributed by atoms with van der Waals surface area (Å²) < 4.78 is 0. The van der Waals surface area contributed by atoms with Crippen LogP contribution in [0.1, 0.15) is 36.2 Å². The molecule has 1 N–H and O–H groups in total. The maximum absolute atomic E-state index is 12.2. The second-order valence-corrected chi connectivity index (χ2v) is 5.58. The Hall–Kier alpha value is -0.730. The largest absolute Gasteiger partial charge is 0.349 e. The molecule has 0 bridgehead atoms. The fourth-order valence-corrected chi connectivity index (χ4v) is 2.18. The molecular formula is C14H19Cl2NO. The quantitative estimate of drug-likeness (QED) is 0.814. The van der Waals surface area contributed by atoms with E-state index in [1.54, 1.807) is 12.1 Å². The van der Waals surface area contributed by atoms with Crippen LogP contribution < -0.4 is 5.32 Å². The molecule has 1 aromatic carbocycles. The number of benzene rings is 1. The summed E-state index contributed by atoms with van der Waals surface area (Å²) in [5.74, 6) is 0.809. The third-order valence-corrected chi connectivity index (χ3v) is 3.44. The molecule has 0 aromatic heterocycles. The van der Waals surface area contributed by atoms with E-state index in [1.807, 2.05) is 13.0 Å². The Kier molecular flexibility index (Phi) is 5.97.